The Hall–Kier alpha value is -4.50. The molecule has 0 amide bonds. The van der Waals surface area contributed by atoms with E-state index in [2.05, 4.69) is 15.0 Å². The fourth-order valence-corrected chi connectivity index (χ4v) is 5.13. The van der Waals surface area contributed by atoms with E-state index < -0.39 is 11.7 Å². The van der Waals surface area contributed by atoms with Crippen molar-refractivity contribution in [1.29, 1.82) is 0 Å². The molecular formula is C33H34N4O5. The third-order valence-corrected chi connectivity index (χ3v) is 7.24. The monoisotopic (exact) mass is 566 g/mol. The van der Waals surface area contributed by atoms with Gasteiger partial charge in [0.25, 0.3) is 0 Å². The van der Waals surface area contributed by atoms with E-state index in [1.165, 1.54) is 0 Å². The Labute approximate surface area is 244 Å². The van der Waals surface area contributed by atoms with Gasteiger partial charge in [-0.25, -0.2) is 14.3 Å². The zero-order valence-corrected chi connectivity index (χ0v) is 24.0. The van der Waals surface area contributed by atoms with E-state index in [-0.39, 0.29) is 18.8 Å². The molecule has 0 radical (unpaired) electrons. The fourth-order valence-electron chi connectivity index (χ4n) is 5.13. The fraction of sp³-hybridized carbons (Fsp3) is 0.333. The van der Waals surface area contributed by atoms with Gasteiger partial charge in [-0.15, -0.1) is 0 Å². The second-order valence-corrected chi connectivity index (χ2v) is 11.6. The average Bonchev–Trinajstić information content (AvgIpc) is 3.29. The number of hydrogen-bond donors (Lipinski definition) is 1. The van der Waals surface area contributed by atoms with Gasteiger partial charge in [-0.2, -0.15) is 0 Å². The minimum absolute atomic E-state index is 0.0413. The lowest BCUT2D eigenvalue weighted by atomic mass is 9.92. The SMILES string of the molecule is CC(C)(C)OC(=O)n1c2ccncc2c2ccc(-c3ccc(OC4CC(Oc5ccc(CCCO)nc5)C4)nc3)cc21. The van der Waals surface area contributed by atoms with Crippen LogP contribution in [0.4, 0.5) is 4.79 Å². The summed E-state index contributed by atoms with van der Waals surface area (Å²) in [5, 5.41) is 10.8. The molecule has 1 aromatic carbocycles. The molecule has 1 aliphatic carbocycles. The number of aliphatic hydroxyl groups excluding tert-OH is 1. The van der Waals surface area contributed by atoms with Crippen LogP contribution in [0.2, 0.25) is 0 Å². The van der Waals surface area contributed by atoms with E-state index in [4.69, 9.17) is 19.3 Å². The first kappa shape index (κ1) is 27.7. The smallest absolute Gasteiger partial charge is 0.419 e. The summed E-state index contributed by atoms with van der Waals surface area (Å²) in [5.74, 6) is 1.31. The van der Waals surface area contributed by atoms with Gasteiger partial charge in [0.1, 0.15) is 23.6 Å². The first-order valence-electron chi connectivity index (χ1n) is 14.2. The van der Waals surface area contributed by atoms with Crippen molar-refractivity contribution in [2.24, 2.45) is 0 Å². The summed E-state index contributed by atoms with van der Waals surface area (Å²) in [4.78, 5) is 26.4. The molecule has 42 heavy (non-hydrogen) atoms. The van der Waals surface area contributed by atoms with E-state index in [0.29, 0.717) is 12.3 Å². The maximum Gasteiger partial charge on any atom is 0.419 e. The van der Waals surface area contributed by atoms with Crippen LogP contribution in [0.15, 0.2) is 73.3 Å². The lowest BCUT2D eigenvalue weighted by molar-refractivity contribution is 0.00207. The van der Waals surface area contributed by atoms with Gasteiger partial charge >= 0.3 is 6.09 Å². The highest BCUT2D eigenvalue weighted by Gasteiger charge is 2.33. The molecule has 1 fully saturated rings. The summed E-state index contributed by atoms with van der Waals surface area (Å²) in [5.41, 5.74) is 3.66. The Kier molecular flexibility index (Phi) is 7.51. The lowest BCUT2D eigenvalue weighted by Gasteiger charge is -2.34. The van der Waals surface area contributed by atoms with Crippen LogP contribution in [0, 0.1) is 0 Å². The molecule has 0 atom stereocenters. The predicted octanol–water partition coefficient (Wildman–Crippen LogP) is 6.34. The third kappa shape index (κ3) is 5.92. The van der Waals surface area contributed by atoms with E-state index in [1.54, 1.807) is 29.4 Å². The Morgan fingerprint density at radius 2 is 1.71 bits per heavy atom. The van der Waals surface area contributed by atoms with Crippen LogP contribution >= 0.6 is 0 Å². The van der Waals surface area contributed by atoms with Crippen molar-refractivity contribution in [3.8, 4) is 22.8 Å². The summed E-state index contributed by atoms with van der Waals surface area (Å²) in [7, 11) is 0. The van der Waals surface area contributed by atoms with Crippen LogP contribution in [0.3, 0.4) is 0 Å². The molecule has 0 saturated heterocycles. The first-order chi connectivity index (χ1) is 20.3. The van der Waals surface area contributed by atoms with Crippen molar-refractivity contribution in [3.05, 3.63) is 79.0 Å². The van der Waals surface area contributed by atoms with Gasteiger partial charge in [0.2, 0.25) is 5.88 Å². The van der Waals surface area contributed by atoms with E-state index in [9.17, 15) is 4.79 Å². The van der Waals surface area contributed by atoms with Crippen LogP contribution in [-0.4, -0.2) is 55.1 Å². The summed E-state index contributed by atoms with van der Waals surface area (Å²) in [6.45, 7) is 5.73. The molecule has 9 nitrogen and oxygen atoms in total. The summed E-state index contributed by atoms with van der Waals surface area (Å²) < 4.78 is 19.4. The number of carbonyl (C=O) groups is 1. The third-order valence-electron chi connectivity index (χ3n) is 7.24. The maximum atomic E-state index is 13.2. The second-order valence-electron chi connectivity index (χ2n) is 11.6. The van der Waals surface area contributed by atoms with Crippen molar-refractivity contribution in [1.82, 2.24) is 19.5 Å². The van der Waals surface area contributed by atoms with E-state index in [1.807, 2.05) is 69.3 Å². The summed E-state index contributed by atoms with van der Waals surface area (Å²) >= 11 is 0. The van der Waals surface area contributed by atoms with Gasteiger partial charge in [0.15, 0.2) is 0 Å². The predicted molar refractivity (Wildman–Crippen MR) is 160 cm³/mol. The highest BCUT2D eigenvalue weighted by molar-refractivity contribution is 6.13. The number of benzene rings is 1. The molecule has 216 valence electrons. The van der Waals surface area contributed by atoms with Crippen LogP contribution in [0.25, 0.3) is 32.9 Å². The van der Waals surface area contributed by atoms with Crippen LogP contribution < -0.4 is 9.47 Å². The maximum absolute atomic E-state index is 13.2. The number of nitrogens with zero attached hydrogens (tertiary/aromatic N) is 4. The summed E-state index contributed by atoms with van der Waals surface area (Å²) in [6.07, 6.45) is 9.68. The number of hydrogen-bond acceptors (Lipinski definition) is 8. The Morgan fingerprint density at radius 1 is 0.905 bits per heavy atom. The Bertz CT molecular complexity index is 1700. The molecule has 0 bridgehead atoms. The number of fused-ring (bicyclic) bond motifs is 3. The molecule has 0 spiro atoms. The molecule has 1 aliphatic rings. The normalized spacial score (nSPS) is 16.8. The van der Waals surface area contributed by atoms with Gasteiger partial charge < -0.3 is 19.3 Å². The molecule has 0 aliphatic heterocycles. The minimum Gasteiger partial charge on any atom is -0.489 e. The van der Waals surface area contributed by atoms with Crippen molar-refractivity contribution in [3.63, 3.8) is 0 Å². The Morgan fingerprint density at radius 3 is 2.43 bits per heavy atom. The molecule has 5 aromatic rings. The number of ether oxygens (including phenoxy) is 3. The quantitative estimate of drug-likeness (QED) is 0.232. The molecule has 4 aromatic heterocycles. The summed E-state index contributed by atoms with van der Waals surface area (Å²) in [6, 6.07) is 15.6. The van der Waals surface area contributed by atoms with Crippen LogP contribution in [0.5, 0.6) is 11.6 Å². The molecule has 4 heterocycles. The number of aryl methyl sites for hydroxylation is 1. The lowest BCUT2D eigenvalue weighted by Crippen LogP contribution is -2.41. The van der Waals surface area contributed by atoms with E-state index in [0.717, 1.165) is 63.6 Å². The second kappa shape index (κ2) is 11.4. The number of carbonyl (C=O) groups excluding carboxylic acids is 1. The van der Waals surface area contributed by atoms with Crippen molar-refractivity contribution >= 4 is 27.9 Å². The van der Waals surface area contributed by atoms with Crippen LogP contribution in [0.1, 0.15) is 45.7 Å². The highest BCUT2D eigenvalue weighted by Crippen LogP contribution is 2.34. The van der Waals surface area contributed by atoms with Crippen LogP contribution in [-0.2, 0) is 11.2 Å². The molecule has 6 rings (SSSR count). The number of aromatic nitrogens is 4. The Balaban J connectivity index is 1.12. The van der Waals surface area contributed by atoms with Gasteiger partial charge in [-0.3, -0.25) is 9.97 Å². The van der Waals surface area contributed by atoms with Crippen molar-refractivity contribution < 1.29 is 24.1 Å². The van der Waals surface area contributed by atoms with Crippen molar-refractivity contribution in [2.75, 3.05) is 6.61 Å². The number of aliphatic hydroxyl groups is 1. The zero-order valence-electron chi connectivity index (χ0n) is 24.0. The zero-order chi connectivity index (χ0) is 29.3. The molecule has 9 heteroatoms. The average molecular weight is 567 g/mol. The molecule has 1 N–H and O–H groups in total. The topological polar surface area (TPSA) is 109 Å². The van der Waals surface area contributed by atoms with E-state index >= 15 is 0 Å². The molecular weight excluding hydrogens is 532 g/mol. The van der Waals surface area contributed by atoms with Crippen molar-refractivity contribution in [2.45, 2.75) is 64.3 Å². The number of pyridine rings is 3. The largest absolute Gasteiger partial charge is 0.489 e. The molecule has 0 unspecified atom stereocenters. The minimum atomic E-state index is -0.624. The van der Waals surface area contributed by atoms with Gasteiger partial charge in [0, 0.05) is 66.1 Å². The molecule has 1 saturated carbocycles. The standard InChI is InChI=1S/C33H34N4O5/c1-33(2,3)42-32(39)37-29-12-13-34-20-28(29)27-10-6-21(15-30(27)37)22-7-11-31(36-18-22)41-26-16-25(17-26)40-24-9-8-23(35-19-24)5-4-14-38/h6-13,15,18-20,25-26,38H,4-5,14,16-17H2,1-3H3. The highest BCUT2D eigenvalue weighted by atomic mass is 16.6. The first-order valence-corrected chi connectivity index (χ1v) is 14.2. The number of rotatable bonds is 8. The van der Waals surface area contributed by atoms with Gasteiger partial charge in [-0.05, 0) is 69.5 Å². The van der Waals surface area contributed by atoms with Gasteiger partial charge in [-0.1, -0.05) is 12.1 Å². The van der Waals surface area contributed by atoms with Gasteiger partial charge in [0.05, 0.1) is 17.2 Å².